The summed E-state index contributed by atoms with van der Waals surface area (Å²) in [6, 6.07) is 3.77. The second-order valence-electron chi connectivity index (χ2n) is 6.10. The normalized spacial score (nSPS) is 15.3. The lowest BCUT2D eigenvalue weighted by Crippen LogP contribution is -2.31. The van der Waals surface area contributed by atoms with E-state index in [1.807, 2.05) is 12.1 Å². The predicted molar refractivity (Wildman–Crippen MR) is 79.5 cm³/mol. The van der Waals surface area contributed by atoms with Crippen molar-refractivity contribution in [3.05, 3.63) is 12.1 Å². The van der Waals surface area contributed by atoms with E-state index >= 15 is 0 Å². The van der Waals surface area contributed by atoms with Gasteiger partial charge in [-0.25, -0.2) is 0 Å². The number of nitrogens with zero attached hydrogens (tertiary/aromatic N) is 1. The van der Waals surface area contributed by atoms with Gasteiger partial charge in [-0.15, -0.1) is 0 Å². The van der Waals surface area contributed by atoms with Crippen molar-refractivity contribution >= 4 is 11.5 Å². The van der Waals surface area contributed by atoms with Crippen molar-refractivity contribution < 1.29 is 4.74 Å². The van der Waals surface area contributed by atoms with Gasteiger partial charge >= 0.3 is 0 Å². The van der Waals surface area contributed by atoms with E-state index in [0.717, 1.165) is 25.3 Å². The maximum atomic E-state index is 5.90. The fraction of sp³-hybridized carbons (Fsp3) is 0.667. The summed E-state index contributed by atoms with van der Waals surface area (Å²) in [5.74, 6) is 2.09. The third-order valence-corrected chi connectivity index (χ3v) is 3.38. The first-order valence-corrected chi connectivity index (χ1v) is 7.17. The van der Waals surface area contributed by atoms with Gasteiger partial charge in [-0.05, 0) is 51.2 Å². The highest BCUT2D eigenvalue weighted by Gasteiger charge is 2.23. The first-order chi connectivity index (χ1) is 9.00. The van der Waals surface area contributed by atoms with Gasteiger partial charge in [0.05, 0.1) is 12.3 Å². The number of nitrogens with one attached hydrogen (secondary N) is 1. The molecular formula is C15H25N3O. The summed E-state index contributed by atoms with van der Waals surface area (Å²) >= 11 is 0. The second-order valence-corrected chi connectivity index (χ2v) is 6.10. The summed E-state index contributed by atoms with van der Waals surface area (Å²) in [7, 11) is 0. The molecule has 0 atom stereocenters. The van der Waals surface area contributed by atoms with Crippen LogP contribution in [0.4, 0.5) is 11.5 Å². The SMILES string of the molecule is CCCC(C)(C)Nc1ccc(N)c(OCC2CC2)n1. The lowest BCUT2D eigenvalue weighted by atomic mass is 9.99. The van der Waals surface area contributed by atoms with Gasteiger partial charge in [0.1, 0.15) is 5.82 Å². The van der Waals surface area contributed by atoms with Crippen LogP contribution in [-0.4, -0.2) is 17.1 Å². The number of pyridine rings is 1. The van der Waals surface area contributed by atoms with Crippen molar-refractivity contribution in [3.63, 3.8) is 0 Å². The van der Waals surface area contributed by atoms with Gasteiger partial charge in [0.2, 0.25) is 5.88 Å². The monoisotopic (exact) mass is 263 g/mol. The van der Waals surface area contributed by atoms with Crippen LogP contribution >= 0.6 is 0 Å². The average molecular weight is 263 g/mol. The van der Waals surface area contributed by atoms with E-state index in [2.05, 4.69) is 31.1 Å². The van der Waals surface area contributed by atoms with E-state index in [-0.39, 0.29) is 5.54 Å². The third-order valence-electron chi connectivity index (χ3n) is 3.38. The molecule has 0 spiro atoms. The maximum Gasteiger partial charge on any atom is 0.239 e. The topological polar surface area (TPSA) is 60.2 Å². The number of nitrogens with two attached hydrogens (primary N) is 1. The Morgan fingerprint density at radius 2 is 2.16 bits per heavy atom. The largest absolute Gasteiger partial charge is 0.476 e. The Bertz CT molecular complexity index is 427. The van der Waals surface area contributed by atoms with Crippen LogP contribution in [0.15, 0.2) is 12.1 Å². The Hall–Kier alpha value is -1.45. The van der Waals surface area contributed by atoms with E-state index < -0.39 is 0 Å². The number of hydrogen-bond donors (Lipinski definition) is 2. The standard InChI is InChI=1S/C15H25N3O/c1-4-9-15(2,3)18-13-8-7-12(16)14(17-13)19-10-11-5-6-11/h7-8,11H,4-6,9-10,16H2,1-3H3,(H,17,18). The van der Waals surface area contributed by atoms with Crippen LogP contribution in [0.5, 0.6) is 5.88 Å². The molecule has 1 aromatic rings. The van der Waals surface area contributed by atoms with Crippen LogP contribution in [0.1, 0.15) is 46.5 Å². The van der Waals surface area contributed by atoms with Crippen LogP contribution < -0.4 is 15.8 Å². The lowest BCUT2D eigenvalue weighted by Gasteiger charge is -2.26. The Morgan fingerprint density at radius 3 is 2.79 bits per heavy atom. The molecule has 4 nitrogen and oxygen atoms in total. The molecule has 1 saturated carbocycles. The van der Waals surface area contributed by atoms with E-state index in [0.29, 0.717) is 17.5 Å². The third kappa shape index (κ3) is 4.30. The summed E-state index contributed by atoms with van der Waals surface area (Å²) < 4.78 is 5.70. The Balaban J connectivity index is 2.02. The molecule has 0 aliphatic heterocycles. The molecule has 0 bridgehead atoms. The quantitative estimate of drug-likeness (QED) is 0.791. The molecule has 1 heterocycles. The molecule has 0 radical (unpaired) electrons. The van der Waals surface area contributed by atoms with Gasteiger partial charge in [-0.1, -0.05) is 13.3 Å². The average Bonchev–Trinajstić information content (AvgIpc) is 3.13. The molecule has 19 heavy (non-hydrogen) atoms. The fourth-order valence-electron chi connectivity index (χ4n) is 2.15. The Kier molecular flexibility index (Phi) is 4.17. The Labute approximate surface area is 115 Å². The minimum atomic E-state index is 0.0334. The van der Waals surface area contributed by atoms with Crippen molar-refractivity contribution in [2.45, 2.75) is 52.0 Å². The lowest BCUT2D eigenvalue weighted by molar-refractivity contribution is 0.290. The van der Waals surface area contributed by atoms with Crippen LogP contribution in [0.3, 0.4) is 0 Å². The molecule has 0 saturated heterocycles. The van der Waals surface area contributed by atoms with E-state index in [4.69, 9.17) is 10.5 Å². The van der Waals surface area contributed by atoms with Crippen molar-refractivity contribution in [2.24, 2.45) is 5.92 Å². The van der Waals surface area contributed by atoms with Crippen molar-refractivity contribution in [1.82, 2.24) is 4.98 Å². The zero-order valence-electron chi connectivity index (χ0n) is 12.2. The summed E-state index contributed by atoms with van der Waals surface area (Å²) in [6.07, 6.45) is 4.76. The molecule has 1 aromatic heterocycles. The van der Waals surface area contributed by atoms with Crippen LogP contribution in [0.2, 0.25) is 0 Å². The summed E-state index contributed by atoms with van der Waals surface area (Å²) in [5.41, 5.74) is 6.55. The zero-order valence-corrected chi connectivity index (χ0v) is 12.2. The van der Waals surface area contributed by atoms with Crippen molar-refractivity contribution in [1.29, 1.82) is 0 Å². The first kappa shape index (κ1) is 14.0. The molecule has 3 N–H and O–H groups in total. The number of aromatic nitrogens is 1. The highest BCUT2D eigenvalue weighted by molar-refractivity contribution is 5.54. The van der Waals surface area contributed by atoms with E-state index in [1.165, 1.54) is 12.8 Å². The van der Waals surface area contributed by atoms with Crippen LogP contribution in [0.25, 0.3) is 0 Å². The highest BCUT2D eigenvalue weighted by Crippen LogP contribution is 2.31. The molecule has 1 aliphatic carbocycles. The zero-order chi connectivity index (χ0) is 13.9. The van der Waals surface area contributed by atoms with E-state index in [9.17, 15) is 0 Å². The van der Waals surface area contributed by atoms with Gasteiger partial charge in [0, 0.05) is 5.54 Å². The summed E-state index contributed by atoms with van der Waals surface area (Å²) in [4.78, 5) is 4.48. The van der Waals surface area contributed by atoms with Crippen molar-refractivity contribution in [3.8, 4) is 5.88 Å². The fourth-order valence-corrected chi connectivity index (χ4v) is 2.15. The number of hydrogen-bond acceptors (Lipinski definition) is 4. The van der Waals surface area contributed by atoms with Gasteiger partial charge < -0.3 is 15.8 Å². The molecule has 0 amide bonds. The number of anilines is 2. The smallest absolute Gasteiger partial charge is 0.239 e. The number of rotatable bonds is 7. The molecule has 2 rings (SSSR count). The molecule has 1 aliphatic rings. The minimum absolute atomic E-state index is 0.0334. The maximum absolute atomic E-state index is 5.90. The van der Waals surface area contributed by atoms with E-state index in [1.54, 1.807) is 0 Å². The molecule has 0 aromatic carbocycles. The van der Waals surface area contributed by atoms with Gasteiger partial charge in [-0.3, -0.25) is 0 Å². The molecule has 106 valence electrons. The number of nitrogen functional groups attached to an aromatic ring is 1. The van der Waals surface area contributed by atoms with Gasteiger partial charge in [0.25, 0.3) is 0 Å². The Morgan fingerprint density at radius 1 is 1.42 bits per heavy atom. The molecule has 4 heteroatoms. The van der Waals surface area contributed by atoms with Crippen LogP contribution in [0, 0.1) is 5.92 Å². The van der Waals surface area contributed by atoms with Gasteiger partial charge in [-0.2, -0.15) is 4.98 Å². The second kappa shape index (κ2) is 5.68. The molecule has 1 fully saturated rings. The first-order valence-electron chi connectivity index (χ1n) is 7.17. The van der Waals surface area contributed by atoms with Gasteiger partial charge in [0.15, 0.2) is 0 Å². The van der Waals surface area contributed by atoms with Crippen LogP contribution in [-0.2, 0) is 0 Å². The predicted octanol–water partition coefficient (Wildman–Crippen LogP) is 3.44. The minimum Gasteiger partial charge on any atom is -0.476 e. The molecule has 0 unspecified atom stereocenters. The molecular weight excluding hydrogens is 238 g/mol. The van der Waals surface area contributed by atoms with Crippen molar-refractivity contribution in [2.75, 3.05) is 17.7 Å². The summed E-state index contributed by atoms with van der Waals surface area (Å²) in [6.45, 7) is 7.28. The summed E-state index contributed by atoms with van der Waals surface area (Å²) in [5, 5.41) is 3.44. The number of ether oxygens (including phenoxy) is 1. The highest BCUT2D eigenvalue weighted by atomic mass is 16.5.